The van der Waals surface area contributed by atoms with E-state index >= 15 is 0 Å². The quantitative estimate of drug-likeness (QED) is 0.0155. The number of ether oxygens (including phenoxy) is 7. The van der Waals surface area contributed by atoms with E-state index in [1.165, 1.54) is 0 Å². The minimum atomic E-state index is -2.68. The molecule has 33 heteroatoms. The predicted octanol–water partition coefficient (Wildman–Crippen LogP) is -9.55. The van der Waals surface area contributed by atoms with Crippen LogP contribution in [0.4, 0.5) is 0 Å². The van der Waals surface area contributed by atoms with Gasteiger partial charge in [0.2, 0.25) is 6.29 Å². The van der Waals surface area contributed by atoms with Gasteiger partial charge in [0, 0.05) is 26.4 Å². The largest absolute Gasteiger partial charge is 0.433 e. The zero-order chi connectivity index (χ0) is 66.8. The first-order valence-corrected chi connectivity index (χ1v) is 30.2. The van der Waals surface area contributed by atoms with Gasteiger partial charge in [0.15, 0.2) is 37.6 Å². The molecular formula is C56H100O33. The van der Waals surface area contributed by atoms with Gasteiger partial charge in [-0.3, -0.25) is 4.79 Å². The first-order chi connectivity index (χ1) is 41.7. The summed E-state index contributed by atoms with van der Waals surface area (Å²) in [4.78, 5) is 14.6. The fraction of sp³-hybridized carbons (Fsp3) is 0.946. The molecule has 33 nitrogen and oxygen atoms in total. The van der Waals surface area contributed by atoms with Crippen LogP contribution in [0.1, 0.15) is 104 Å². The van der Waals surface area contributed by atoms with Crippen LogP contribution in [0.2, 0.25) is 0 Å². The Kier molecular flexibility index (Phi) is 29.3. The van der Waals surface area contributed by atoms with Crippen LogP contribution in [-0.4, -0.2) is 333 Å². The summed E-state index contributed by atoms with van der Waals surface area (Å²) in [6.07, 6.45) is -54.6. The zero-order valence-electron chi connectivity index (χ0n) is 49.9. The summed E-state index contributed by atoms with van der Waals surface area (Å²) in [5, 5.41) is 265. The summed E-state index contributed by atoms with van der Waals surface area (Å²) in [5.41, 5.74) is -3.92. The van der Waals surface area contributed by atoms with Gasteiger partial charge in [-0.1, -0.05) is 19.9 Å². The minimum absolute atomic E-state index is 0.0612. The summed E-state index contributed by atoms with van der Waals surface area (Å²) in [6.45, 7) is 3.71. The van der Waals surface area contributed by atoms with Gasteiger partial charge in [-0.15, -0.1) is 0 Å². The zero-order valence-corrected chi connectivity index (χ0v) is 49.9. The van der Waals surface area contributed by atoms with Crippen LogP contribution in [0.25, 0.3) is 0 Å². The molecule has 5 fully saturated rings. The highest BCUT2D eigenvalue weighted by Crippen LogP contribution is 2.73. The Labute approximate surface area is 513 Å². The van der Waals surface area contributed by atoms with Gasteiger partial charge in [0.05, 0.1) is 54.7 Å². The van der Waals surface area contributed by atoms with E-state index in [1.54, 1.807) is 6.92 Å². The Balaban J connectivity index is 1.46. The van der Waals surface area contributed by atoms with Gasteiger partial charge < -0.3 is 161 Å². The van der Waals surface area contributed by atoms with Gasteiger partial charge >= 0.3 is 5.97 Å². The van der Waals surface area contributed by atoms with E-state index in [0.29, 0.717) is 37.7 Å². The van der Waals surface area contributed by atoms with Crippen LogP contribution in [0.5, 0.6) is 0 Å². The molecule has 31 atom stereocenters. The van der Waals surface area contributed by atoms with E-state index in [4.69, 9.17) is 33.2 Å². The fourth-order valence-corrected chi connectivity index (χ4v) is 14.4. The van der Waals surface area contributed by atoms with Gasteiger partial charge in [0.1, 0.15) is 79.4 Å². The van der Waals surface area contributed by atoms with Crippen molar-refractivity contribution in [1.29, 1.82) is 0 Å². The molecule has 27 unspecified atom stereocenters. The Bertz CT molecular complexity index is 2140. The van der Waals surface area contributed by atoms with Crippen molar-refractivity contribution in [2.75, 3.05) is 39.6 Å². The molecule has 0 aromatic heterocycles. The van der Waals surface area contributed by atoms with E-state index in [2.05, 4.69) is 6.58 Å². The normalized spacial score (nSPS) is 35.8. The summed E-state index contributed by atoms with van der Waals surface area (Å²) in [5.74, 6) is -1.74. The standard InChI is InChI=1S/C56H100O33/c1-24-21-55-14-5-31-53(2,12-4-13-54(31,3)52(82)88-49(80)44(36(70)28(65)10-19-60)86-47(78)40(74)34(68)26(63)8-17-58)32(55)6-15-56(24,23-55)89-50(81)45(87-48(79)41(75)35(69)27(64)9-18-59)43(85-46(77)39(73)33(67)25(62)7-16-57)29(66)11-20-83-51-42(76)38(72)37(71)30(22-61)84-51/h25-51,57-81H,1,4-23H2,2-3H3/t25?,26?,27?,28?,29?,30?,31?,32-,33?,34?,35?,36?,37?,38?,39?,40?,41?,42?,43?,44?,45?,46?,47?,48?,49?,50?,51?,53+,54+,55?,56-/m0/s1. The van der Waals surface area contributed by atoms with Crippen LogP contribution in [0.15, 0.2) is 12.2 Å². The first-order valence-electron chi connectivity index (χ1n) is 30.2. The van der Waals surface area contributed by atoms with Crippen molar-refractivity contribution in [2.24, 2.45) is 28.1 Å². The number of hydrogen-bond donors (Lipinski definition) is 25. The molecule has 522 valence electrons. The lowest BCUT2D eigenvalue weighted by Gasteiger charge is -2.64. The molecule has 1 aliphatic heterocycles. The van der Waals surface area contributed by atoms with E-state index in [-0.39, 0.29) is 31.6 Å². The van der Waals surface area contributed by atoms with Crippen molar-refractivity contribution in [2.45, 2.75) is 263 Å². The molecule has 0 aromatic rings. The Morgan fingerprint density at radius 3 is 1.49 bits per heavy atom. The monoisotopic (exact) mass is 1300 g/mol. The molecule has 0 radical (unpaired) electrons. The molecule has 2 bridgehead atoms. The number of aliphatic hydroxyl groups excluding tert-OH is 25. The lowest BCUT2D eigenvalue weighted by Crippen LogP contribution is -2.61. The van der Waals surface area contributed by atoms with Crippen molar-refractivity contribution >= 4 is 5.97 Å². The van der Waals surface area contributed by atoms with E-state index in [9.17, 15) is 132 Å². The number of carbonyl (C=O) groups excluding carboxylic acids is 1. The number of aliphatic hydroxyl groups is 25. The van der Waals surface area contributed by atoms with E-state index in [0.717, 1.165) is 0 Å². The molecule has 0 amide bonds. The molecule has 1 saturated heterocycles. The second-order valence-corrected chi connectivity index (χ2v) is 25.2. The van der Waals surface area contributed by atoms with Gasteiger partial charge in [-0.2, -0.15) is 0 Å². The van der Waals surface area contributed by atoms with Gasteiger partial charge in [-0.05, 0) is 119 Å². The fourth-order valence-electron chi connectivity index (χ4n) is 14.4. The van der Waals surface area contributed by atoms with Crippen molar-refractivity contribution < 1.29 is 166 Å². The highest BCUT2D eigenvalue weighted by atomic mass is 16.7. The van der Waals surface area contributed by atoms with Crippen LogP contribution in [0.3, 0.4) is 0 Å². The van der Waals surface area contributed by atoms with Crippen molar-refractivity contribution in [3.8, 4) is 0 Å². The van der Waals surface area contributed by atoms with E-state index in [1.807, 2.05) is 6.92 Å². The van der Waals surface area contributed by atoms with Gasteiger partial charge in [0.25, 0.3) is 0 Å². The second-order valence-electron chi connectivity index (χ2n) is 25.2. The number of rotatable bonds is 38. The molecule has 5 rings (SSSR count). The molecule has 89 heavy (non-hydrogen) atoms. The average Bonchev–Trinajstić information content (AvgIpc) is 1.64. The summed E-state index contributed by atoms with van der Waals surface area (Å²) < 4.78 is 39.8. The molecule has 5 aliphatic rings. The smallest absolute Gasteiger partial charge is 0.314 e. The van der Waals surface area contributed by atoms with Crippen molar-refractivity contribution in [3.05, 3.63) is 12.2 Å². The Morgan fingerprint density at radius 1 is 0.528 bits per heavy atom. The maximum atomic E-state index is 14.6. The summed E-state index contributed by atoms with van der Waals surface area (Å²) in [7, 11) is 0. The molecule has 1 spiro atoms. The molecule has 0 aromatic carbocycles. The lowest BCUT2D eigenvalue weighted by atomic mass is 9.41. The predicted molar refractivity (Wildman–Crippen MR) is 294 cm³/mol. The number of hydrogen-bond acceptors (Lipinski definition) is 33. The third-order valence-electron chi connectivity index (χ3n) is 19.4. The van der Waals surface area contributed by atoms with Gasteiger partial charge in [-0.25, -0.2) is 0 Å². The van der Waals surface area contributed by atoms with Crippen LogP contribution in [0, 0.1) is 28.1 Å². The average molecular weight is 1300 g/mol. The minimum Gasteiger partial charge on any atom is -0.433 e. The molecule has 4 saturated carbocycles. The number of fused-ring (bicyclic) bond motifs is 3. The molecule has 1 heterocycles. The van der Waals surface area contributed by atoms with Crippen LogP contribution >= 0.6 is 0 Å². The maximum absolute atomic E-state index is 14.6. The van der Waals surface area contributed by atoms with Crippen LogP contribution in [-0.2, 0) is 38.0 Å². The SMILES string of the molecule is C=C1CC23CCC4[C@](C)(C(=O)OC(O)C(OC(O)C(O)C(O)C(O)CCO)C(O)C(O)CCO)CCC[C@@]4(C)[C@@H]2CC[C@]1(OC(O)C(OC(O)C(O)C(O)C(O)CCO)C(OC(O)C(O)C(O)C(O)CCO)C(O)CCOC1OC(CO)C(O)C(O)C1O)C3. The number of carbonyl (C=O) groups is 1. The van der Waals surface area contributed by atoms with Crippen molar-refractivity contribution in [3.63, 3.8) is 0 Å². The third kappa shape index (κ3) is 17.5. The topological polar surface area (TPSA) is 587 Å². The molecular weight excluding hydrogens is 1200 g/mol. The summed E-state index contributed by atoms with van der Waals surface area (Å²) >= 11 is 0. The maximum Gasteiger partial charge on any atom is 0.314 e. The first kappa shape index (κ1) is 77.7. The van der Waals surface area contributed by atoms with Crippen LogP contribution < -0.4 is 0 Å². The number of esters is 1. The summed E-state index contributed by atoms with van der Waals surface area (Å²) in [6, 6.07) is 0. The molecule has 25 N–H and O–H groups in total. The van der Waals surface area contributed by atoms with E-state index < -0.39 is 259 Å². The lowest BCUT2D eigenvalue weighted by molar-refractivity contribution is -0.331. The third-order valence-corrected chi connectivity index (χ3v) is 19.4. The molecule has 4 aliphatic carbocycles. The Morgan fingerprint density at radius 2 is 1.00 bits per heavy atom. The highest BCUT2D eigenvalue weighted by molar-refractivity contribution is 5.77. The van der Waals surface area contributed by atoms with Crippen molar-refractivity contribution in [1.82, 2.24) is 0 Å². The Hall–Kier alpha value is -2.03. The highest BCUT2D eigenvalue weighted by Gasteiger charge is 2.69. The second kappa shape index (κ2) is 33.6.